The number of amides is 1. The van der Waals surface area contributed by atoms with Gasteiger partial charge >= 0.3 is 0 Å². The lowest BCUT2D eigenvalue weighted by Crippen LogP contribution is -2.32. The first-order valence-electron chi connectivity index (χ1n) is 8.31. The van der Waals surface area contributed by atoms with Crippen LogP contribution in [0.1, 0.15) is 21.8 Å². The van der Waals surface area contributed by atoms with Crippen molar-refractivity contribution in [1.29, 1.82) is 0 Å². The molecule has 0 fully saturated rings. The minimum Gasteiger partial charge on any atom is -0.352 e. The van der Waals surface area contributed by atoms with Gasteiger partial charge in [0.25, 0.3) is 11.5 Å². The van der Waals surface area contributed by atoms with Crippen molar-refractivity contribution in [2.75, 3.05) is 6.54 Å². The number of aromatic nitrogens is 3. The minimum atomic E-state index is -0.398. The predicted octanol–water partition coefficient (Wildman–Crippen LogP) is 2.67. The van der Waals surface area contributed by atoms with E-state index in [1.807, 2.05) is 18.2 Å². The molecule has 1 N–H and O–H groups in total. The standard InChI is InChI=1S/C19H16N4O2S/c24-18(13-12-21-16-8-3-4-11-23(16)19(13)25)20-10-5-9-17-22-14-6-1-2-7-15(14)26-17/h1-4,6-8,11-12H,5,9-10H2,(H,20,24). The molecule has 0 aliphatic heterocycles. The van der Waals surface area contributed by atoms with E-state index in [1.165, 1.54) is 15.3 Å². The van der Waals surface area contributed by atoms with Crippen molar-refractivity contribution < 1.29 is 4.79 Å². The van der Waals surface area contributed by atoms with Gasteiger partial charge in [0.05, 0.1) is 15.2 Å². The smallest absolute Gasteiger partial charge is 0.270 e. The van der Waals surface area contributed by atoms with Crippen molar-refractivity contribution in [3.05, 3.63) is 75.8 Å². The summed E-state index contributed by atoms with van der Waals surface area (Å²) in [5, 5.41) is 3.84. The first-order chi connectivity index (χ1) is 12.7. The Morgan fingerprint density at radius 2 is 2.00 bits per heavy atom. The van der Waals surface area contributed by atoms with Crippen LogP contribution in [0.25, 0.3) is 15.9 Å². The average Bonchev–Trinajstić information content (AvgIpc) is 3.08. The van der Waals surface area contributed by atoms with Crippen molar-refractivity contribution in [3.63, 3.8) is 0 Å². The molecular formula is C19H16N4O2S. The molecule has 0 saturated heterocycles. The number of aryl methyl sites for hydroxylation is 1. The van der Waals surface area contributed by atoms with Crippen molar-refractivity contribution in [3.8, 4) is 0 Å². The molecule has 6 nitrogen and oxygen atoms in total. The highest BCUT2D eigenvalue weighted by Crippen LogP contribution is 2.22. The summed E-state index contributed by atoms with van der Waals surface area (Å²) in [6, 6.07) is 13.3. The van der Waals surface area contributed by atoms with E-state index in [-0.39, 0.29) is 11.1 Å². The number of nitrogens with zero attached hydrogens (tertiary/aromatic N) is 3. The maximum Gasteiger partial charge on any atom is 0.270 e. The zero-order valence-electron chi connectivity index (χ0n) is 13.9. The Hall–Kier alpha value is -3.06. The molecule has 4 aromatic rings. The third-order valence-electron chi connectivity index (χ3n) is 4.05. The molecule has 0 saturated carbocycles. The molecule has 7 heteroatoms. The summed E-state index contributed by atoms with van der Waals surface area (Å²) in [5.74, 6) is -0.398. The number of rotatable bonds is 5. The lowest BCUT2D eigenvalue weighted by Gasteiger charge is -2.05. The van der Waals surface area contributed by atoms with Gasteiger partial charge in [0.2, 0.25) is 0 Å². The van der Waals surface area contributed by atoms with Crippen LogP contribution in [-0.2, 0) is 6.42 Å². The second kappa shape index (κ2) is 7.05. The highest BCUT2D eigenvalue weighted by atomic mass is 32.1. The number of benzene rings is 1. The molecule has 0 spiro atoms. The van der Waals surface area contributed by atoms with E-state index in [0.717, 1.165) is 23.4 Å². The Labute approximate surface area is 153 Å². The molecule has 4 rings (SSSR count). The molecule has 0 bridgehead atoms. The monoisotopic (exact) mass is 364 g/mol. The fourth-order valence-electron chi connectivity index (χ4n) is 2.75. The van der Waals surface area contributed by atoms with Crippen LogP contribution in [0.2, 0.25) is 0 Å². The maximum absolute atomic E-state index is 12.4. The Morgan fingerprint density at radius 3 is 2.88 bits per heavy atom. The van der Waals surface area contributed by atoms with Crippen LogP contribution >= 0.6 is 11.3 Å². The van der Waals surface area contributed by atoms with E-state index in [2.05, 4.69) is 21.4 Å². The van der Waals surface area contributed by atoms with Gasteiger partial charge in [-0.05, 0) is 30.7 Å². The summed E-state index contributed by atoms with van der Waals surface area (Å²) >= 11 is 1.67. The fraction of sp³-hybridized carbons (Fsp3) is 0.158. The van der Waals surface area contributed by atoms with Crippen LogP contribution in [0.15, 0.2) is 59.7 Å². The quantitative estimate of drug-likeness (QED) is 0.553. The number of carbonyl (C=O) groups excluding carboxylic acids is 1. The van der Waals surface area contributed by atoms with Gasteiger partial charge in [-0.2, -0.15) is 0 Å². The molecule has 1 amide bonds. The minimum absolute atomic E-state index is 0.0497. The lowest BCUT2D eigenvalue weighted by molar-refractivity contribution is 0.0951. The van der Waals surface area contributed by atoms with E-state index >= 15 is 0 Å². The Kier molecular flexibility index (Phi) is 4.45. The fourth-order valence-corrected chi connectivity index (χ4v) is 3.76. The van der Waals surface area contributed by atoms with E-state index in [4.69, 9.17) is 0 Å². The SMILES string of the molecule is O=C(NCCCc1nc2ccccc2s1)c1cnc2ccccn2c1=O. The molecule has 1 aromatic carbocycles. The second-order valence-corrected chi connectivity index (χ2v) is 6.96. The van der Waals surface area contributed by atoms with Crippen molar-refractivity contribution >= 4 is 33.1 Å². The molecule has 0 aliphatic carbocycles. The number of hydrogen-bond acceptors (Lipinski definition) is 5. The van der Waals surface area contributed by atoms with Crippen molar-refractivity contribution in [2.24, 2.45) is 0 Å². The zero-order chi connectivity index (χ0) is 17.9. The highest BCUT2D eigenvalue weighted by molar-refractivity contribution is 7.18. The van der Waals surface area contributed by atoms with Gasteiger partial charge in [0.15, 0.2) is 0 Å². The summed E-state index contributed by atoms with van der Waals surface area (Å²) in [6.45, 7) is 0.478. The lowest BCUT2D eigenvalue weighted by atomic mass is 10.2. The number of thiazole rings is 1. The largest absolute Gasteiger partial charge is 0.352 e. The van der Waals surface area contributed by atoms with E-state index in [0.29, 0.717) is 12.2 Å². The van der Waals surface area contributed by atoms with Gasteiger partial charge in [0, 0.05) is 25.4 Å². The number of fused-ring (bicyclic) bond motifs is 2. The topological polar surface area (TPSA) is 76.4 Å². The number of pyridine rings is 1. The molecular weight excluding hydrogens is 348 g/mol. The van der Waals surface area contributed by atoms with Gasteiger partial charge < -0.3 is 5.32 Å². The number of para-hydroxylation sites is 1. The van der Waals surface area contributed by atoms with Gasteiger partial charge in [-0.15, -0.1) is 11.3 Å². The highest BCUT2D eigenvalue weighted by Gasteiger charge is 2.12. The van der Waals surface area contributed by atoms with Gasteiger partial charge in [-0.3, -0.25) is 14.0 Å². The molecule has 3 heterocycles. The van der Waals surface area contributed by atoms with Crippen LogP contribution in [0.5, 0.6) is 0 Å². The summed E-state index contributed by atoms with van der Waals surface area (Å²) in [4.78, 5) is 33.4. The average molecular weight is 364 g/mol. The molecule has 3 aromatic heterocycles. The Bertz CT molecular complexity index is 1120. The molecule has 0 aliphatic rings. The molecule has 0 atom stereocenters. The Balaban J connectivity index is 1.38. The van der Waals surface area contributed by atoms with Crippen LogP contribution in [0.4, 0.5) is 0 Å². The summed E-state index contributed by atoms with van der Waals surface area (Å²) < 4.78 is 2.54. The number of carbonyl (C=O) groups is 1. The maximum atomic E-state index is 12.4. The summed E-state index contributed by atoms with van der Waals surface area (Å²) in [6.07, 6.45) is 4.48. The normalized spacial score (nSPS) is 11.1. The van der Waals surface area contributed by atoms with Crippen LogP contribution < -0.4 is 10.9 Å². The van der Waals surface area contributed by atoms with E-state index in [9.17, 15) is 9.59 Å². The number of hydrogen-bond donors (Lipinski definition) is 1. The zero-order valence-corrected chi connectivity index (χ0v) is 14.7. The third kappa shape index (κ3) is 3.21. The molecule has 130 valence electrons. The molecule has 26 heavy (non-hydrogen) atoms. The van der Waals surface area contributed by atoms with Gasteiger partial charge in [-0.1, -0.05) is 18.2 Å². The van der Waals surface area contributed by atoms with Crippen molar-refractivity contribution in [2.45, 2.75) is 12.8 Å². The van der Waals surface area contributed by atoms with Crippen molar-refractivity contribution in [1.82, 2.24) is 19.7 Å². The third-order valence-corrected chi connectivity index (χ3v) is 5.15. The van der Waals surface area contributed by atoms with E-state index in [1.54, 1.807) is 35.7 Å². The van der Waals surface area contributed by atoms with Gasteiger partial charge in [0.1, 0.15) is 11.2 Å². The van der Waals surface area contributed by atoms with Crippen LogP contribution in [0.3, 0.4) is 0 Å². The molecule has 0 radical (unpaired) electrons. The van der Waals surface area contributed by atoms with E-state index < -0.39 is 5.91 Å². The summed E-state index contributed by atoms with van der Waals surface area (Å²) in [7, 11) is 0. The van der Waals surface area contributed by atoms with Crippen LogP contribution in [0, 0.1) is 0 Å². The first kappa shape index (κ1) is 16.4. The van der Waals surface area contributed by atoms with Gasteiger partial charge in [-0.25, -0.2) is 9.97 Å². The first-order valence-corrected chi connectivity index (χ1v) is 9.13. The molecule has 0 unspecified atom stereocenters. The predicted molar refractivity (Wildman–Crippen MR) is 102 cm³/mol. The summed E-state index contributed by atoms with van der Waals surface area (Å²) in [5.41, 5.74) is 1.21. The second-order valence-electron chi connectivity index (χ2n) is 5.84. The number of nitrogens with one attached hydrogen (secondary N) is 1. The Morgan fingerprint density at radius 1 is 1.15 bits per heavy atom. The van der Waals surface area contributed by atoms with Crippen LogP contribution in [-0.4, -0.2) is 26.8 Å².